The van der Waals surface area contributed by atoms with E-state index in [1.165, 1.54) is 11.1 Å². The van der Waals surface area contributed by atoms with Crippen LogP contribution in [-0.2, 0) is 17.6 Å². The Hall–Kier alpha value is -0.950. The lowest BCUT2D eigenvalue weighted by molar-refractivity contribution is -0.192. The number of aryl methyl sites for hydroxylation is 2. The molecule has 2 heterocycles. The third-order valence-corrected chi connectivity index (χ3v) is 6.55. The molecule has 7 heteroatoms. The number of halogens is 3. The maximum Gasteiger partial charge on any atom is 0.216 e. The summed E-state index contributed by atoms with van der Waals surface area (Å²) >= 11 is 16.6. The van der Waals surface area contributed by atoms with E-state index in [0.717, 1.165) is 65.6 Å². The molecule has 2 aromatic rings. The van der Waals surface area contributed by atoms with Crippen molar-refractivity contribution in [3.05, 3.63) is 66.9 Å². The Morgan fingerprint density at radius 1 is 1.14 bits per heavy atom. The first kappa shape index (κ1) is 21.3. The summed E-state index contributed by atoms with van der Waals surface area (Å²) in [4.78, 5) is 6.76. The van der Waals surface area contributed by atoms with Crippen molar-refractivity contribution in [3.63, 3.8) is 0 Å². The van der Waals surface area contributed by atoms with E-state index in [9.17, 15) is 5.11 Å². The summed E-state index contributed by atoms with van der Waals surface area (Å²) in [5.41, 5.74) is 6.88. The van der Waals surface area contributed by atoms with Gasteiger partial charge in [0.25, 0.3) is 0 Å². The average Bonchev–Trinajstić information content (AvgIpc) is 2.85. The van der Waals surface area contributed by atoms with Crippen LogP contribution in [0.25, 0.3) is 5.57 Å². The van der Waals surface area contributed by atoms with E-state index in [1.807, 2.05) is 30.2 Å². The molecule has 0 radical (unpaired) electrons. The molecule has 1 fully saturated rings. The number of rotatable bonds is 3. The molecule has 0 bridgehead atoms. The molecule has 154 valence electrons. The van der Waals surface area contributed by atoms with E-state index in [1.54, 1.807) is 0 Å². The van der Waals surface area contributed by atoms with Crippen LogP contribution < -0.4 is 0 Å². The van der Waals surface area contributed by atoms with Crippen molar-refractivity contribution in [1.82, 2.24) is 9.88 Å². The van der Waals surface area contributed by atoms with Gasteiger partial charge in [-0.2, -0.15) is 0 Å². The summed E-state index contributed by atoms with van der Waals surface area (Å²) in [5.74, 6) is 0. The van der Waals surface area contributed by atoms with Crippen molar-refractivity contribution in [2.75, 3.05) is 19.7 Å². The fraction of sp³-hybridized carbons (Fsp3) is 0.409. The van der Waals surface area contributed by atoms with Gasteiger partial charge in [0.1, 0.15) is 0 Å². The maximum absolute atomic E-state index is 10.2. The van der Waals surface area contributed by atoms with Crippen LogP contribution in [0, 0.1) is 0 Å². The van der Waals surface area contributed by atoms with Crippen LogP contribution in [0.15, 0.2) is 34.4 Å². The van der Waals surface area contributed by atoms with Crippen molar-refractivity contribution in [2.45, 2.75) is 39.0 Å². The van der Waals surface area contributed by atoms with Crippen molar-refractivity contribution in [1.29, 1.82) is 0 Å². The lowest BCUT2D eigenvalue weighted by Gasteiger charge is -2.33. The number of fused-ring (bicyclic) bond motifs is 2. The molecule has 4 rings (SSSR count). The number of hydrogen-bond donors (Lipinski definition) is 1. The van der Waals surface area contributed by atoms with Gasteiger partial charge in [0, 0.05) is 46.5 Å². The van der Waals surface area contributed by atoms with E-state index < -0.39 is 6.41 Å². The zero-order valence-electron chi connectivity index (χ0n) is 16.2. The Labute approximate surface area is 189 Å². The number of nitrogens with zero attached hydrogens (tertiary/aromatic N) is 2. The number of ether oxygens (including phenoxy) is 1. The predicted molar refractivity (Wildman–Crippen MR) is 120 cm³/mol. The third-order valence-electron chi connectivity index (χ3n) is 5.60. The lowest BCUT2D eigenvalue weighted by atomic mass is 9.88. The molecular weight excluding hydrogens is 475 g/mol. The number of likely N-dealkylation sites (tertiary alicyclic amines) is 1. The van der Waals surface area contributed by atoms with Crippen LogP contribution in [0.3, 0.4) is 0 Å². The zero-order valence-corrected chi connectivity index (χ0v) is 19.3. The quantitative estimate of drug-likeness (QED) is 0.572. The summed E-state index contributed by atoms with van der Waals surface area (Å²) in [6.07, 6.45) is 4.41. The van der Waals surface area contributed by atoms with E-state index in [-0.39, 0.29) is 0 Å². The average molecular weight is 498 g/mol. The van der Waals surface area contributed by atoms with E-state index in [0.29, 0.717) is 16.7 Å². The third kappa shape index (κ3) is 4.41. The van der Waals surface area contributed by atoms with Crippen LogP contribution >= 0.6 is 39.1 Å². The summed E-state index contributed by atoms with van der Waals surface area (Å²) in [7, 11) is 0. The molecule has 2 aliphatic rings. The minimum Gasteiger partial charge on any atom is -0.356 e. The fourth-order valence-electron chi connectivity index (χ4n) is 4.25. The first-order chi connectivity index (χ1) is 14.0. The van der Waals surface area contributed by atoms with Crippen molar-refractivity contribution in [2.24, 2.45) is 0 Å². The van der Waals surface area contributed by atoms with Gasteiger partial charge in [0.05, 0.1) is 10.7 Å². The number of benzene rings is 1. The number of piperidine rings is 1. The SMILES string of the molecule is CCOC(O)N1CCC(=C2c3ncc(Br)cc3CCc3cc(Cl)cc(Cl)c32)CC1. The van der Waals surface area contributed by atoms with Crippen LogP contribution in [0.1, 0.15) is 42.1 Å². The van der Waals surface area contributed by atoms with E-state index in [2.05, 4.69) is 22.0 Å². The van der Waals surface area contributed by atoms with Crippen molar-refractivity contribution in [3.8, 4) is 0 Å². The Kier molecular flexibility index (Phi) is 6.64. The number of aliphatic hydroxyl groups excluding tert-OH is 1. The van der Waals surface area contributed by atoms with Gasteiger partial charge < -0.3 is 9.84 Å². The number of pyridine rings is 1. The predicted octanol–water partition coefficient (Wildman–Crippen LogP) is 5.46. The summed E-state index contributed by atoms with van der Waals surface area (Å²) in [6, 6.07) is 6.00. The van der Waals surface area contributed by atoms with Gasteiger partial charge in [-0.05, 0) is 77.9 Å². The molecule has 29 heavy (non-hydrogen) atoms. The Balaban J connectivity index is 1.81. The molecule has 0 spiro atoms. The Bertz CT molecular complexity index is 954. The first-order valence-corrected chi connectivity index (χ1v) is 11.4. The highest BCUT2D eigenvalue weighted by molar-refractivity contribution is 9.10. The minimum absolute atomic E-state index is 0.488. The van der Waals surface area contributed by atoms with Gasteiger partial charge in [0.15, 0.2) is 0 Å². The van der Waals surface area contributed by atoms with E-state index >= 15 is 0 Å². The Morgan fingerprint density at radius 3 is 2.59 bits per heavy atom. The van der Waals surface area contributed by atoms with Crippen molar-refractivity contribution >= 4 is 44.7 Å². The monoisotopic (exact) mass is 496 g/mol. The van der Waals surface area contributed by atoms with E-state index in [4.69, 9.17) is 32.9 Å². The molecule has 1 unspecified atom stereocenters. The smallest absolute Gasteiger partial charge is 0.216 e. The first-order valence-electron chi connectivity index (χ1n) is 9.86. The lowest BCUT2D eigenvalue weighted by Crippen LogP contribution is -2.41. The number of aliphatic hydroxyl groups is 1. The molecule has 1 aliphatic carbocycles. The topological polar surface area (TPSA) is 45.6 Å². The molecule has 1 aliphatic heterocycles. The standard InChI is InChI=1S/C22H23BrCl2N2O2/c1-2-29-22(28)27-7-5-13(6-8-27)20-19-14(10-17(24)11-18(19)25)3-4-15-9-16(23)12-26-21(15)20/h9-12,22,28H,2-8H2,1H3. The normalized spacial score (nSPS) is 18.2. The zero-order chi connectivity index (χ0) is 20.5. The Morgan fingerprint density at radius 2 is 1.86 bits per heavy atom. The summed E-state index contributed by atoms with van der Waals surface area (Å²) < 4.78 is 6.33. The molecule has 1 aromatic heterocycles. The number of aromatic nitrogens is 1. The second-order valence-corrected chi connectivity index (χ2v) is 9.14. The molecule has 1 atom stereocenters. The fourth-order valence-corrected chi connectivity index (χ4v) is 5.26. The van der Waals surface area contributed by atoms with Crippen LogP contribution in [0.2, 0.25) is 10.0 Å². The van der Waals surface area contributed by atoms with Gasteiger partial charge in [0.2, 0.25) is 6.41 Å². The van der Waals surface area contributed by atoms with Gasteiger partial charge in [-0.15, -0.1) is 0 Å². The second-order valence-electron chi connectivity index (χ2n) is 7.38. The maximum atomic E-state index is 10.2. The summed E-state index contributed by atoms with van der Waals surface area (Å²) in [5, 5.41) is 11.5. The minimum atomic E-state index is -0.850. The van der Waals surface area contributed by atoms with Gasteiger partial charge in [-0.25, -0.2) is 0 Å². The van der Waals surface area contributed by atoms with Crippen LogP contribution in [0.4, 0.5) is 0 Å². The highest BCUT2D eigenvalue weighted by Crippen LogP contribution is 2.42. The van der Waals surface area contributed by atoms with Crippen LogP contribution in [0.5, 0.6) is 0 Å². The largest absolute Gasteiger partial charge is 0.356 e. The number of hydrogen-bond acceptors (Lipinski definition) is 4. The van der Waals surface area contributed by atoms with Gasteiger partial charge in [-0.3, -0.25) is 9.88 Å². The molecule has 1 aromatic carbocycles. The molecule has 0 amide bonds. The highest BCUT2D eigenvalue weighted by atomic mass is 79.9. The van der Waals surface area contributed by atoms with Crippen LogP contribution in [-0.4, -0.2) is 41.1 Å². The molecular formula is C22H23BrCl2N2O2. The molecule has 1 saturated heterocycles. The highest BCUT2D eigenvalue weighted by Gasteiger charge is 2.28. The molecule has 1 N–H and O–H groups in total. The van der Waals surface area contributed by atoms with Gasteiger partial charge in [-0.1, -0.05) is 28.8 Å². The summed E-state index contributed by atoms with van der Waals surface area (Å²) in [6.45, 7) is 3.83. The molecule has 4 nitrogen and oxygen atoms in total. The van der Waals surface area contributed by atoms with Gasteiger partial charge >= 0.3 is 0 Å². The second kappa shape index (κ2) is 9.04. The van der Waals surface area contributed by atoms with Crippen molar-refractivity contribution < 1.29 is 9.84 Å². The molecule has 0 saturated carbocycles.